The lowest BCUT2D eigenvalue weighted by atomic mass is 9.89. The van der Waals surface area contributed by atoms with E-state index in [-0.39, 0.29) is 6.04 Å². The zero-order chi connectivity index (χ0) is 15.0. The molecule has 3 heteroatoms. The van der Waals surface area contributed by atoms with Gasteiger partial charge >= 0.3 is 0 Å². The Morgan fingerprint density at radius 3 is 2.45 bits per heavy atom. The zero-order valence-corrected chi connectivity index (χ0v) is 12.9. The third kappa shape index (κ3) is 5.20. The average Bonchev–Trinajstić information content (AvgIpc) is 2.42. The Labute approximate surface area is 121 Å². The van der Waals surface area contributed by atoms with E-state index in [2.05, 4.69) is 19.2 Å². The Kier molecular flexibility index (Phi) is 7.75. The fourth-order valence-electron chi connectivity index (χ4n) is 2.67. The van der Waals surface area contributed by atoms with Gasteiger partial charge in [-0.15, -0.1) is 0 Å². The number of hydrogen-bond acceptors (Lipinski definition) is 1. The Morgan fingerprint density at radius 2 is 1.90 bits per heavy atom. The van der Waals surface area contributed by atoms with Crippen molar-refractivity contribution in [3.05, 3.63) is 35.4 Å². The fraction of sp³-hybridized carbons (Fsp3) is 0.647. The Hall–Kier alpha value is -0.960. The number of benzene rings is 1. The molecule has 0 aliphatic carbocycles. The molecule has 1 rings (SSSR count). The van der Waals surface area contributed by atoms with Crippen molar-refractivity contribution in [3.8, 4) is 0 Å². The summed E-state index contributed by atoms with van der Waals surface area (Å²) in [6.07, 6.45) is 5.59. The molecule has 1 aromatic carbocycles. The minimum Gasteiger partial charge on any atom is -0.310 e. The van der Waals surface area contributed by atoms with Crippen molar-refractivity contribution >= 4 is 0 Å². The molecule has 2 unspecified atom stereocenters. The summed E-state index contributed by atoms with van der Waals surface area (Å²) in [6, 6.07) is 3.87. The van der Waals surface area contributed by atoms with Crippen LogP contribution in [0.15, 0.2) is 18.2 Å². The molecule has 0 spiro atoms. The van der Waals surface area contributed by atoms with Crippen LogP contribution in [0.25, 0.3) is 0 Å². The number of nitrogens with one attached hydrogen (secondary N) is 1. The Morgan fingerprint density at radius 1 is 1.15 bits per heavy atom. The second-order valence-electron chi connectivity index (χ2n) is 5.43. The topological polar surface area (TPSA) is 12.0 Å². The Balaban J connectivity index is 2.81. The van der Waals surface area contributed by atoms with Gasteiger partial charge in [-0.25, -0.2) is 8.78 Å². The first-order valence-electron chi connectivity index (χ1n) is 7.80. The van der Waals surface area contributed by atoms with Crippen LogP contribution in [-0.2, 0) is 0 Å². The van der Waals surface area contributed by atoms with Gasteiger partial charge in [0.2, 0.25) is 0 Å². The molecule has 114 valence electrons. The number of unbranched alkanes of at least 4 members (excludes halogenated alkanes) is 1. The second-order valence-corrected chi connectivity index (χ2v) is 5.43. The predicted molar refractivity (Wildman–Crippen MR) is 80.7 cm³/mol. The van der Waals surface area contributed by atoms with Gasteiger partial charge < -0.3 is 5.32 Å². The van der Waals surface area contributed by atoms with Crippen molar-refractivity contribution in [2.75, 3.05) is 6.54 Å². The van der Waals surface area contributed by atoms with Crippen molar-refractivity contribution in [3.63, 3.8) is 0 Å². The SMILES string of the molecule is CCCCC(CC)CC(NCC)c1ccc(F)cc1F. The summed E-state index contributed by atoms with van der Waals surface area (Å²) in [4.78, 5) is 0. The van der Waals surface area contributed by atoms with Gasteiger partial charge in [0, 0.05) is 17.7 Å². The third-order valence-electron chi connectivity index (χ3n) is 3.90. The van der Waals surface area contributed by atoms with Crippen LogP contribution in [0, 0.1) is 17.6 Å². The molecule has 0 bridgehead atoms. The van der Waals surface area contributed by atoms with Gasteiger partial charge in [0.15, 0.2) is 0 Å². The molecular weight excluding hydrogens is 256 g/mol. The molecule has 0 aliphatic rings. The van der Waals surface area contributed by atoms with Gasteiger partial charge in [0.05, 0.1) is 0 Å². The highest BCUT2D eigenvalue weighted by Gasteiger charge is 2.19. The van der Waals surface area contributed by atoms with Crippen LogP contribution < -0.4 is 5.32 Å². The van der Waals surface area contributed by atoms with Gasteiger partial charge in [-0.3, -0.25) is 0 Å². The van der Waals surface area contributed by atoms with Crippen LogP contribution in [0.1, 0.15) is 64.5 Å². The molecule has 0 fully saturated rings. The maximum absolute atomic E-state index is 14.0. The summed E-state index contributed by atoms with van der Waals surface area (Å²) in [6.45, 7) is 7.17. The summed E-state index contributed by atoms with van der Waals surface area (Å²) in [5, 5.41) is 3.34. The third-order valence-corrected chi connectivity index (χ3v) is 3.90. The molecule has 1 N–H and O–H groups in total. The summed E-state index contributed by atoms with van der Waals surface area (Å²) < 4.78 is 27.0. The highest BCUT2D eigenvalue weighted by atomic mass is 19.1. The number of rotatable bonds is 9. The first-order chi connectivity index (χ1) is 9.62. The van der Waals surface area contributed by atoms with E-state index in [4.69, 9.17) is 0 Å². The molecule has 0 aliphatic heterocycles. The van der Waals surface area contributed by atoms with Gasteiger partial charge in [-0.1, -0.05) is 52.5 Å². The molecule has 0 heterocycles. The lowest BCUT2D eigenvalue weighted by Crippen LogP contribution is -2.24. The van der Waals surface area contributed by atoms with Crippen LogP contribution in [0.4, 0.5) is 8.78 Å². The molecule has 0 saturated heterocycles. The average molecular weight is 283 g/mol. The van der Waals surface area contributed by atoms with Gasteiger partial charge in [-0.2, -0.15) is 0 Å². The van der Waals surface area contributed by atoms with Gasteiger partial charge in [-0.05, 0) is 24.9 Å². The molecule has 0 amide bonds. The van der Waals surface area contributed by atoms with E-state index in [0.717, 1.165) is 25.5 Å². The number of hydrogen-bond donors (Lipinski definition) is 1. The lowest BCUT2D eigenvalue weighted by Gasteiger charge is -2.24. The molecule has 0 aromatic heterocycles. The molecular formula is C17H27F2N. The second kappa shape index (κ2) is 9.06. The maximum atomic E-state index is 14.0. The van der Waals surface area contributed by atoms with Crippen molar-refractivity contribution < 1.29 is 8.78 Å². The highest BCUT2D eigenvalue weighted by molar-refractivity contribution is 5.22. The van der Waals surface area contributed by atoms with Crippen LogP contribution in [0.5, 0.6) is 0 Å². The lowest BCUT2D eigenvalue weighted by molar-refractivity contribution is 0.350. The van der Waals surface area contributed by atoms with E-state index in [0.29, 0.717) is 11.5 Å². The summed E-state index contributed by atoms with van der Waals surface area (Å²) in [7, 11) is 0. The van der Waals surface area contributed by atoms with Crippen LogP contribution in [0.3, 0.4) is 0 Å². The standard InChI is InChI=1S/C17H27F2N/c1-4-7-8-13(5-2)11-17(20-6-3)15-10-9-14(18)12-16(15)19/h9-10,12-13,17,20H,4-8,11H2,1-3H3. The largest absolute Gasteiger partial charge is 0.310 e. The quantitative estimate of drug-likeness (QED) is 0.655. The summed E-state index contributed by atoms with van der Waals surface area (Å²) in [5.74, 6) is -0.371. The number of halogens is 2. The van der Waals surface area contributed by atoms with E-state index in [1.165, 1.54) is 25.3 Å². The van der Waals surface area contributed by atoms with Crippen LogP contribution in [0.2, 0.25) is 0 Å². The van der Waals surface area contributed by atoms with E-state index in [1.807, 2.05) is 6.92 Å². The Bertz CT molecular complexity index is 393. The normalized spacial score (nSPS) is 14.2. The smallest absolute Gasteiger partial charge is 0.130 e. The van der Waals surface area contributed by atoms with Crippen molar-refractivity contribution in [1.82, 2.24) is 5.32 Å². The monoisotopic (exact) mass is 283 g/mol. The van der Waals surface area contributed by atoms with Crippen molar-refractivity contribution in [1.29, 1.82) is 0 Å². The predicted octanol–water partition coefficient (Wildman–Crippen LogP) is 5.22. The van der Waals surface area contributed by atoms with E-state index >= 15 is 0 Å². The molecule has 20 heavy (non-hydrogen) atoms. The minimum absolute atomic E-state index is 0.0255. The highest BCUT2D eigenvalue weighted by Crippen LogP contribution is 2.28. The zero-order valence-electron chi connectivity index (χ0n) is 12.9. The molecule has 2 atom stereocenters. The minimum atomic E-state index is -0.514. The van der Waals surface area contributed by atoms with Crippen LogP contribution in [-0.4, -0.2) is 6.54 Å². The molecule has 1 aromatic rings. The molecule has 1 nitrogen and oxygen atoms in total. The maximum Gasteiger partial charge on any atom is 0.130 e. The summed E-state index contributed by atoms with van der Waals surface area (Å²) >= 11 is 0. The van der Waals surface area contributed by atoms with Crippen molar-refractivity contribution in [2.45, 2.75) is 58.9 Å². The summed E-state index contributed by atoms with van der Waals surface area (Å²) in [5.41, 5.74) is 0.586. The first kappa shape index (κ1) is 17.1. The van der Waals surface area contributed by atoms with Crippen LogP contribution >= 0.6 is 0 Å². The van der Waals surface area contributed by atoms with E-state index in [9.17, 15) is 8.78 Å². The van der Waals surface area contributed by atoms with E-state index < -0.39 is 11.6 Å². The first-order valence-corrected chi connectivity index (χ1v) is 7.80. The van der Waals surface area contributed by atoms with Gasteiger partial charge in [0.1, 0.15) is 11.6 Å². The fourth-order valence-corrected chi connectivity index (χ4v) is 2.67. The molecule has 0 radical (unpaired) electrons. The van der Waals surface area contributed by atoms with Crippen molar-refractivity contribution in [2.24, 2.45) is 5.92 Å². The molecule has 0 saturated carbocycles. The van der Waals surface area contributed by atoms with Gasteiger partial charge in [0.25, 0.3) is 0 Å². The van der Waals surface area contributed by atoms with E-state index in [1.54, 1.807) is 6.07 Å².